The Morgan fingerprint density at radius 2 is 2.06 bits per heavy atom. The van der Waals surface area contributed by atoms with E-state index in [1.165, 1.54) is 0 Å². The van der Waals surface area contributed by atoms with Crippen molar-refractivity contribution in [1.29, 1.82) is 0 Å². The fourth-order valence-corrected chi connectivity index (χ4v) is 1.88. The van der Waals surface area contributed by atoms with E-state index in [0.29, 0.717) is 5.22 Å². The van der Waals surface area contributed by atoms with E-state index >= 15 is 0 Å². The van der Waals surface area contributed by atoms with Crippen LogP contribution in [0.3, 0.4) is 0 Å². The van der Waals surface area contributed by atoms with Crippen molar-refractivity contribution < 1.29 is 0 Å². The third-order valence-electron chi connectivity index (χ3n) is 2.69. The minimum Gasteiger partial charge on any atom is -0.362 e. The molecule has 3 rings (SSSR count). The number of hydrogen-bond acceptors (Lipinski definition) is 1. The molecule has 0 bridgehead atoms. The first-order valence-corrected chi connectivity index (χ1v) is 5.29. The Morgan fingerprint density at radius 3 is 2.82 bits per heavy atom. The predicted molar refractivity (Wildman–Crippen MR) is 65.8 cm³/mol. The molecule has 0 atom stereocenters. The highest BCUT2D eigenvalue weighted by molar-refractivity contribution is 5.44. The molecule has 4 heteroatoms. The van der Waals surface area contributed by atoms with Gasteiger partial charge >= 0.3 is 0 Å². The Balaban J connectivity index is 2.48. The van der Waals surface area contributed by atoms with E-state index in [1.807, 2.05) is 36.5 Å². The summed E-state index contributed by atoms with van der Waals surface area (Å²) in [5.74, 6) is 0. The molecule has 2 aliphatic heterocycles. The van der Waals surface area contributed by atoms with Gasteiger partial charge in [0.2, 0.25) is 0 Å². The van der Waals surface area contributed by atoms with Gasteiger partial charge in [-0.3, -0.25) is 4.79 Å². The summed E-state index contributed by atoms with van der Waals surface area (Å²) in [5, 5.41) is 2.97. The van der Waals surface area contributed by atoms with Gasteiger partial charge in [0.1, 0.15) is 0 Å². The fourth-order valence-electron chi connectivity index (χ4n) is 1.88. The predicted octanol–water partition coefficient (Wildman–Crippen LogP) is -0.00502. The first-order chi connectivity index (χ1) is 8.24. The van der Waals surface area contributed by atoms with Crippen LogP contribution >= 0.6 is 0 Å². The normalized spacial score (nSPS) is 12.4. The summed E-state index contributed by atoms with van der Waals surface area (Å²) in [7, 11) is 0. The van der Waals surface area contributed by atoms with Gasteiger partial charge in [0.05, 0.1) is 15.9 Å². The van der Waals surface area contributed by atoms with Crippen molar-refractivity contribution in [1.82, 2.24) is 15.0 Å². The summed E-state index contributed by atoms with van der Waals surface area (Å²) in [5.41, 5.74) is 0.794. The molecule has 0 saturated heterocycles. The smallest absolute Gasteiger partial charge is 0.257 e. The van der Waals surface area contributed by atoms with Gasteiger partial charge < -0.3 is 15.0 Å². The van der Waals surface area contributed by atoms with E-state index in [4.69, 9.17) is 0 Å². The monoisotopic (exact) mass is 225 g/mol. The van der Waals surface area contributed by atoms with E-state index in [-0.39, 0.29) is 5.56 Å². The van der Waals surface area contributed by atoms with E-state index in [9.17, 15) is 4.79 Å². The van der Waals surface area contributed by atoms with Gasteiger partial charge in [0.25, 0.3) is 5.56 Å². The van der Waals surface area contributed by atoms with Crippen LogP contribution in [0.2, 0.25) is 0 Å². The Kier molecular flexibility index (Phi) is 2.01. The van der Waals surface area contributed by atoms with Crippen LogP contribution in [-0.2, 0) is 0 Å². The minimum absolute atomic E-state index is 0.101. The molecular formula is C13H11N3O. The molecule has 0 amide bonds. The van der Waals surface area contributed by atoms with Crippen LogP contribution in [0.1, 0.15) is 5.69 Å². The maximum Gasteiger partial charge on any atom is 0.257 e. The summed E-state index contributed by atoms with van der Waals surface area (Å²) in [4.78, 5) is 20.8. The maximum atomic E-state index is 11.8. The van der Waals surface area contributed by atoms with Gasteiger partial charge in [-0.05, 0) is 30.3 Å². The fraction of sp³-hybridized carbons (Fsp3) is 0. The molecule has 0 spiro atoms. The average Bonchev–Trinajstić information content (AvgIpc) is 2.90. The van der Waals surface area contributed by atoms with Crippen molar-refractivity contribution in [3.8, 4) is 0 Å². The molecule has 0 radical (unpaired) electrons. The van der Waals surface area contributed by atoms with E-state index < -0.39 is 0 Å². The molecule has 0 saturated carbocycles. The molecule has 0 fully saturated rings. The third-order valence-corrected chi connectivity index (χ3v) is 2.69. The molecule has 0 unspecified atom stereocenters. The lowest BCUT2D eigenvalue weighted by Crippen LogP contribution is -2.24. The molecule has 3 N–H and O–H groups in total. The van der Waals surface area contributed by atoms with E-state index in [1.54, 1.807) is 0 Å². The first-order valence-electron chi connectivity index (χ1n) is 5.29. The third kappa shape index (κ3) is 1.59. The second-order valence-corrected chi connectivity index (χ2v) is 3.91. The summed E-state index contributed by atoms with van der Waals surface area (Å²) in [6, 6.07) is 7.48. The lowest BCUT2D eigenvalue weighted by Gasteiger charge is -1.87. The Hall–Kier alpha value is -2.49. The number of aromatic amines is 3. The lowest BCUT2D eigenvalue weighted by molar-refractivity contribution is 1.15. The highest BCUT2D eigenvalue weighted by Crippen LogP contribution is 1.93. The number of nitrogens with one attached hydrogen (secondary N) is 3. The molecule has 84 valence electrons. The highest BCUT2D eigenvalue weighted by Gasteiger charge is 1.99. The van der Waals surface area contributed by atoms with Crippen molar-refractivity contribution in [3.05, 3.63) is 67.8 Å². The Bertz CT molecular complexity index is 868. The second kappa shape index (κ2) is 3.52. The van der Waals surface area contributed by atoms with Gasteiger partial charge in [0, 0.05) is 17.2 Å². The molecule has 2 aliphatic rings. The van der Waals surface area contributed by atoms with Gasteiger partial charge in [-0.1, -0.05) is 6.58 Å². The van der Waals surface area contributed by atoms with Crippen molar-refractivity contribution in [2.75, 3.05) is 0 Å². The van der Waals surface area contributed by atoms with Crippen LogP contribution in [-0.4, -0.2) is 15.0 Å². The van der Waals surface area contributed by atoms with Gasteiger partial charge in [-0.2, -0.15) is 0 Å². The molecular weight excluding hydrogens is 214 g/mol. The molecule has 4 nitrogen and oxygen atoms in total. The zero-order chi connectivity index (χ0) is 11.8. The van der Waals surface area contributed by atoms with E-state index in [2.05, 4.69) is 21.5 Å². The number of H-pyrrole nitrogens is 3. The van der Waals surface area contributed by atoms with Crippen molar-refractivity contribution >= 4 is 12.7 Å². The van der Waals surface area contributed by atoms with Crippen LogP contribution < -0.4 is 16.1 Å². The van der Waals surface area contributed by atoms with Crippen LogP contribution in [0, 0.1) is 10.7 Å². The van der Waals surface area contributed by atoms with Gasteiger partial charge in [-0.15, -0.1) is 0 Å². The standard InChI is InChI=1S/C13H11N3O/c1-8-4-5-11-12(15-8)10(13(17)16-11)7-9-3-2-6-14-9/h2-7,14-15H,1H2,(H,16,17). The zero-order valence-electron chi connectivity index (χ0n) is 9.08. The van der Waals surface area contributed by atoms with Crippen LogP contribution in [0.25, 0.3) is 12.7 Å². The Labute approximate surface area is 96.0 Å². The maximum absolute atomic E-state index is 11.8. The quantitative estimate of drug-likeness (QED) is 0.536. The Morgan fingerprint density at radius 1 is 1.18 bits per heavy atom. The first kappa shape index (κ1) is 9.72. The SMILES string of the molecule is C=c1ccc2[nH]c(=O)c(=Cc3ccc[nH]3)c=2[nH]1. The molecule has 17 heavy (non-hydrogen) atoms. The average molecular weight is 225 g/mol. The summed E-state index contributed by atoms with van der Waals surface area (Å²) < 4.78 is 0. The highest BCUT2D eigenvalue weighted by atomic mass is 16.1. The molecule has 3 heterocycles. The number of hydrogen-bond donors (Lipinski definition) is 3. The largest absolute Gasteiger partial charge is 0.362 e. The lowest BCUT2D eigenvalue weighted by atomic mass is 10.3. The molecule has 0 aromatic carbocycles. The van der Waals surface area contributed by atoms with Crippen molar-refractivity contribution in [2.24, 2.45) is 0 Å². The van der Waals surface area contributed by atoms with Crippen molar-refractivity contribution in [3.63, 3.8) is 0 Å². The zero-order valence-corrected chi connectivity index (χ0v) is 9.08. The summed E-state index contributed by atoms with van der Waals surface area (Å²) in [6.07, 6.45) is 3.64. The van der Waals surface area contributed by atoms with Crippen LogP contribution in [0.15, 0.2) is 35.3 Å². The van der Waals surface area contributed by atoms with Crippen LogP contribution in [0.4, 0.5) is 0 Å². The summed E-state index contributed by atoms with van der Waals surface area (Å²) >= 11 is 0. The topological polar surface area (TPSA) is 64.4 Å². The summed E-state index contributed by atoms with van der Waals surface area (Å²) in [6.45, 7) is 3.82. The van der Waals surface area contributed by atoms with Crippen LogP contribution in [0.5, 0.6) is 0 Å². The van der Waals surface area contributed by atoms with Gasteiger partial charge in [0.15, 0.2) is 0 Å². The second-order valence-electron chi connectivity index (χ2n) is 3.91. The molecule has 1 aromatic heterocycles. The molecule has 0 aliphatic carbocycles. The van der Waals surface area contributed by atoms with Gasteiger partial charge in [-0.25, -0.2) is 0 Å². The molecule has 1 aromatic rings. The van der Waals surface area contributed by atoms with E-state index in [0.717, 1.165) is 21.7 Å². The number of rotatable bonds is 1. The van der Waals surface area contributed by atoms with Crippen molar-refractivity contribution in [2.45, 2.75) is 0 Å². The minimum atomic E-state index is -0.101. The number of aromatic nitrogens is 3.